The topological polar surface area (TPSA) is 60.0 Å². The first-order valence-electron chi connectivity index (χ1n) is 7.85. The van der Waals surface area contributed by atoms with E-state index < -0.39 is 0 Å². The fraction of sp³-hybridized carbons (Fsp3) is 0.588. The van der Waals surface area contributed by atoms with E-state index in [1.165, 1.54) is 0 Å². The molecule has 0 bridgehead atoms. The van der Waals surface area contributed by atoms with Crippen molar-refractivity contribution in [1.82, 2.24) is 5.32 Å². The molecule has 1 unspecified atom stereocenters. The molecule has 1 aromatic carbocycles. The zero-order valence-electron chi connectivity index (χ0n) is 14.7. The summed E-state index contributed by atoms with van der Waals surface area (Å²) in [5.41, 5.74) is 0.795. The van der Waals surface area contributed by atoms with Gasteiger partial charge in [-0.3, -0.25) is 4.79 Å². The minimum atomic E-state index is -0.0267. The van der Waals surface area contributed by atoms with Crippen LogP contribution in [0.3, 0.4) is 0 Å². The number of nitrogens with one attached hydrogen (secondary N) is 1. The molecule has 1 saturated heterocycles. The molecule has 0 saturated carbocycles. The average molecular weight is 359 g/mol. The highest BCUT2D eigenvalue weighted by atomic mass is 35.5. The molecule has 1 aliphatic rings. The Hall–Kier alpha value is -1.50. The number of benzene rings is 1. The van der Waals surface area contributed by atoms with Gasteiger partial charge >= 0.3 is 0 Å². The normalized spacial score (nSPS) is 15.0. The van der Waals surface area contributed by atoms with E-state index in [1.54, 1.807) is 26.2 Å². The number of amides is 1. The molecule has 1 atom stereocenters. The smallest absolute Gasteiger partial charge is 0.230 e. The molecule has 7 heteroatoms. The first kappa shape index (κ1) is 20.5. The molecular formula is C17H27ClN2O4. The second kappa shape index (κ2) is 9.71. The summed E-state index contributed by atoms with van der Waals surface area (Å²) in [6.07, 6.45) is 0. The summed E-state index contributed by atoms with van der Waals surface area (Å²) >= 11 is 0. The predicted molar refractivity (Wildman–Crippen MR) is 96.5 cm³/mol. The van der Waals surface area contributed by atoms with Crippen LogP contribution in [0.2, 0.25) is 0 Å². The van der Waals surface area contributed by atoms with E-state index in [0.29, 0.717) is 30.6 Å². The van der Waals surface area contributed by atoms with Crippen LogP contribution in [0.1, 0.15) is 6.92 Å². The summed E-state index contributed by atoms with van der Waals surface area (Å²) in [5, 5.41) is 3.22. The molecular weight excluding hydrogens is 332 g/mol. The van der Waals surface area contributed by atoms with Crippen LogP contribution in [0.5, 0.6) is 11.5 Å². The molecule has 6 nitrogen and oxygen atoms in total. The lowest BCUT2D eigenvalue weighted by molar-refractivity contribution is -0.124. The number of hydrogen-bond donors (Lipinski definition) is 1. The van der Waals surface area contributed by atoms with Gasteiger partial charge in [-0.1, -0.05) is 6.92 Å². The van der Waals surface area contributed by atoms with Crippen molar-refractivity contribution in [3.8, 4) is 11.5 Å². The minimum absolute atomic E-state index is 0. The van der Waals surface area contributed by atoms with Crippen molar-refractivity contribution in [2.45, 2.75) is 6.92 Å². The van der Waals surface area contributed by atoms with Gasteiger partial charge in [0, 0.05) is 31.3 Å². The summed E-state index contributed by atoms with van der Waals surface area (Å²) in [7, 11) is 4.82. The van der Waals surface area contributed by atoms with Crippen LogP contribution in [0.15, 0.2) is 18.2 Å². The average Bonchev–Trinajstić information content (AvgIpc) is 2.52. The van der Waals surface area contributed by atoms with Gasteiger partial charge in [-0.15, -0.1) is 12.4 Å². The first-order valence-corrected chi connectivity index (χ1v) is 7.85. The number of anilines is 1. The van der Waals surface area contributed by atoms with Gasteiger partial charge in [0.25, 0.3) is 0 Å². The number of carbonyl (C=O) groups excluding carboxylic acids is 1. The Bertz CT molecular complexity index is 537. The fourth-order valence-corrected chi connectivity index (χ4v) is 2.65. The van der Waals surface area contributed by atoms with Gasteiger partial charge in [0.2, 0.25) is 5.91 Å². The molecule has 0 radical (unpaired) electrons. The van der Waals surface area contributed by atoms with Crippen LogP contribution in [0, 0.1) is 11.8 Å². The summed E-state index contributed by atoms with van der Waals surface area (Å²) in [4.78, 5) is 14.7. The zero-order chi connectivity index (χ0) is 16.8. The number of nitrogens with zero attached hydrogens (tertiary/aromatic N) is 1. The molecule has 1 heterocycles. The van der Waals surface area contributed by atoms with E-state index in [1.807, 2.05) is 25.1 Å². The van der Waals surface area contributed by atoms with Crippen molar-refractivity contribution >= 4 is 24.0 Å². The molecule has 2 rings (SSSR count). The second-order valence-electron chi connectivity index (χ2n) is 5.73. The van der Waals surface area contributed by atoms with Crippen molar-refractivity contribution in [3.05, 3.63) is 18.2 Å². The summed E-state index contributed by atoms with van der Waals surface area (Å²) in [6.45, 7) is 4.79. The SMILES string of the molecule is COCCN(C(=O)C(C)C1CNC1)c1ccc(OC)c(OC)c1.Cl. The van der Waals surface area contributed by atoms with Gasteiger partial charge < -0.3 is 24.4 Å². The predicted octanol–water partition coefficient (Wildman–Crippen LogP) is 1.96. The van der Waals surface area contributed by atoms with Crippen molar-refractivity contribution < 1.29 is 19.0 Å². The van der Waals surface area contributed by atoms with E-state index in [2.05, 4.69) is 5.32 Å². The lowest BCUT2D eigenvalue weighted by Gasteiger charge is -2.35. The molecule has 1 aliphatic heterocycles. The fourth-order valence-electron chi connectivity index (χ4n) is 2.65. The van der Waals surface area contributed by atoms with Crippen molar-refractivity contribution in [2.24, 2.45) is 11.8 Å². The van der Waals surface area contributed by atoms with Gasteiger partial charge in [0.15, 0.2) is 11.5 Å². The van der Waals surface area contributed by atoms with Gasteiger partial charge in [0.1, 0.15) is 0 Å². The highest BCUT2D eigenvalue weighted by Gasteiger charge is 2.32. The Morgan fingerprint density at radius 1 is 1.25 bits per heavy atom. The number of methoxy groups -OCH3 is 3. The maximum absolute atomic E-state index is 12.9. The van der Waals surface area contributed by atoms with Gasteiger partial charge in [-0.25, -0.2) is 0 Å². The maximum atomic E-state index is 12.9. The first-order chi connectivity index (χ1) is 11.1. The van der Waals surface area contributed by atoms with Crippen molar-refractivity contribution in [2.75, 3.05) is 52.5 Å². The summed E-state index contributed by atoms with van der Waals surface area (Å²) in [5.74, 6) is 1.74. The molecule has 1 aromatic rings. The Morgan fingerprint density at radius 3 is 2.42 bits per heavy atom. The number of ether oxygens (including phenoxy) is 3. The molecule has 136 valence electrons. The van der Waals surface area contributed by atoms with Crippen LogP contribution in [-0.2, 0) is 9.53 Å². The van der Waals surface area contributed by atoms with Crippen LogP contribution < -0.4 is 19.7 Å². The molecule has 0 aromatic heterocycles. The van der Waals surface area contributed by atoms with Crippen molar-refractivity contribution in [1.29, 1.82) is 0 Å². The molecule has 0 aliphatic carbocycles. The maximum Gasteiger partial charge on any atom is 0.230 e. The van der Waals surface area contributed by atoms with Crippen LogP contribution >= 0.6 is 12.4 Å². The van der Waals surface area contributed by atoms with E-state index in [9.17, 15) is 4.79 Å². The van der Waals surface area contributed by atoms with Crippen LogP contribution in [-0.4, -0.2) is 53.5 Å². The number of halogens is 1. The van der Waals surface area contributed by atoms with Crippen LogP contribution in [0.25, 0.3) is 0 Å². The van der Waals surface area contributed by atoms with E-state index in [4.69, 9.17) is 14.2 Å². The lowest BCUT2D eigenvalue weighted by Crippen LogP contribution is -2.51. The van der Waals surface area contributed by atoms with Gasteiger partial charge in [0.05, 0.1) is 20.8 Å². The summed E-state index contributed by atoms with van der Waals surface area (Å²) < 4.78 is 15.8. The Labute approximate surface area is 149 Å². The number of rotatable bonds is 8. The van der Waals surface area contributed by atoms with E-state index in [0.717, 1.165) is 18.8 Å². The zero-order valence-corrected chi connectivity index (χ0v) is 15.5. The summed E-state index contributed by atoms with van der Waals surface area (Å²) in [6, 6.07) is 5.52. The van der Waals surface area contributed by atoms with E-state index >= 15 is 0 Å². The third-order valence-electron chi connectivity index (χ3n) is 4.37. The Morgan fingerprint density at radius 2 is 1.92 bits per heavy atom. The molecule has 0 spiro atoms. The Kier molecular flexibility index (Phi) is 8.31. The van der Waals surface area contributed by atoms with Gasteiger partial charge in [-0.05, 0) is 31.1 Å². The van der Waals surface area contributed by atoms with Gasteiger partial charge in [-0.2, -0.15) is 0 Å². The Balaban J connectivity index is 0.00000288. The van der Waals surface area contributed by atoms with Crippen molar-refractivity contribution in [3.63, 3.8) is 0 Å². The third-order valence-corrected chi connectivity index (χ3v) is 4.37. The third kappa shape index (κ3) is 4.53. The molecule has 24 heavy (non-hydrogen) atoms. The molecule has 1 fully saturated rings. The molecule has 1 amide bonds. The minimum Gasteiger partial charge on any atom is -0.493 e. The highest BCUT2D eigenvalue weighted by Crippen LogP contribution is 2.32. The van der Waals surface area contributed by atoms with Crippen LogP contribution in [0.4, 0.5) is 5.69 Å². The number of carbonyl (C=O) groups is 1. The lowest BCUT2D eigenvalue weighted by atomic mass is 9.88. The monoisotopic (exact) mass is 358 g/mol. The standard InChI is InChI=1S/C17H26N2O4.ClH/c1-12(13-10-18-11-13)17(20)19(7-8-21-2)14-5-6-15(22-3)16(9-14)23-4;/h5-6,9,12-13,18H,7-8,10-11H2,1-4H3;1H. The number of hydrogen-bond acceptors (Lipinski definition) is 5. The largest absolute Gasteiger partial charge is 0.493 e. The van der Waals surface area contributed by atoms with E-state index in [-0.39, 0.29) is 24.2 Å². The quantitative estimate of drug-likeness (QED) is 0.769. The second-order valence-corrected chi connectivity index (χ2v) is 5.73. The highest BCUT2D eigenvalue weighted by molar-refractivity contribution is 5.95. The molecule has 1 N–H and O–H groups in total.